The fraction of sp³-hybridized carbons (Fsp3) is 0.158. The van der Waals surface area contributed by atoms with Gasteiger partial charge in [0.1, 0.15) is 0 Å². The lowest BCUT2D eigenvalue weighted by atomic mass is 10.1. The van der Waals surface area contributed by atoms with Crippen molar-refractivity contribution < 1.29 is 32.3 Å². The minimum absolute atomic E-state index is 0.199. The van der Waals surface area contributed by atoms with Gasteiger partial charge in [0.25, 0.3) is 11.8 Å². The predicted octanol–water partition coefficient (Wildman–Crippen LogP) is 2.61. The predicted molar refractivity (Wildman–Crippen MR) is 102 cm³/mol. The summed E-state index contributed by atoms with van der Waals surface area (Å²) in [6.07, 6.45) is -0.264. The maximum atomic E-state index is 13.5. The van der Waals surface area contributed by atoms with Gasteiger partial charge >= 0.3 is 0 Å². The van der Waals surface area contributed by atoms with Gasteiger partial charge in [-0.25, -0.2) is 13.2 Å². The Hall–Kier alpha value is -3.21. The first-order valence-electron chi connectivity index (χ1n) is 8.55. The van der Waals surface area contributed by atoms with Gasteiger partial charge in [-0.15, -0.1) is 0 Å². The maximum Gasteiger partial charge on any atom is 0.261 e. The number of benzene rings is 2. The van der Waals surface area contributed by atoms with Crippen LogP contribution >= 0.6 is 15.9 Å². The van der Waals surface area contributed by atoms with Crippen molar-refractivity contribution in [3.63, 3.8) is 0 Å². The van der Waals surface area contributed by atoms with Crippen LogP contribution in [0.4, 0.5) is 18.9 Å². The third kappa shape index (κ3) is 4.35. The molecule has 0 spiro atoms. The van der Waals surface area contributed by atoms with Crippen molar-refractivity contribution in [1.29, 1.82) is 0 Å². The van der Waals surface area contributed by atoms with Crippen LogP contribution in [0.15, 0.2) is 34.8 Å². The molecule has 1 aliphatic heterocycles. The van der Waals surface area contributed by atoms with Crippen LogP contribution in [0.5, 0.6) is 0 Å². The largest absolute Gasteiger partial charge is 0.347 e. The molecule has 0 bridgehead atoms. The molecule has 2 aromatic rings. The van der Waals surface area contributed by atoms with E-state index >= 15 is 0 Å². The zero-order chi connectivity index (χ0) is 22.0. The summed E-state index contributed by atoms with van der Waals surface area (Å²) in [5.74, 6) is -7.28. The summed E-state index contributed by atoms with van der Waals surface area (Å²) < 4.78 is 40.2. The van der Waals surface area contributed by atoms with Crippen LogP contribution in [0, 0.1) is 17.5 Å². The van der Waals surface area contributed by atoms with Crippen LogP contribution in [0.1, 0.15) is 27.1 Å². The second-order valence-electron chi connectivity index (χ2n) is 6.25. The first-order chi connectivity index (χ1) is 14.2. The number of nitrogens with zero attached hydrogens (tertiary/aromatic N) is 1. The van der Waals surface area contributed by atoms with E-state index in [9.17, 15) is 32.3 Å². The number of amides is 4. The van der Waals surface area contributed by atoms with E-state index in [1.165, 1.54) is 12.1 Å². The quantitative estimate of drug-likeness (QED) is 0.487. The molecule has 11 heteroatoms. The van der Waals surface area contributed by atoms with E-state index in [4.69, 9.17) is 0 Å². The van der Waals surface area contributed by atoms with E-state index in [2.05, 4.69) is 21.2 Å². The average molecular weight is 484 g/mol. The number of carbonyl (C=O) groups is 4. The fourth-order valence-electron chi connectivity index (χ4n) is 2.76. The van der Waals surface area contributed by atoms with Crippen LogP contribution in [-0.2, 0) is 9.59 Å². The summed E-state index contributed by atoms with van der Waals surface area (Å²) in [4.78, 5) is 49.2. The molecular formula is C19H13BrF3N3O4. The van der Waals surface area contributed by atoms with E-state index in [0.29, 0.717) is 10.5 Å². The van der Waals surface area contributed by atoms with Crippen LogP contribution < -0.4 is 10.6 Å². The molecule has 2 N–H and O–H groups in total. The molecule has 2 aromatic carbocycles. The molecule has 0 aromatic heterocycles. The second kappa shape index (κ2) is 8.66. The Morgan fingerprint density at radius 2 is 1.63 bits per heavy atom. The molecule has 0 atom stereocenters. The third-order valence-corrected chi connectivity index (χ3v) is 4.74. The number of imide groups is 1. The molecule has 0 radical (unpaired) electrons. The van der Waals surface area contributed by atoms with Crippen molar-refractivity contribution >= 4 is 45.2 Å². The van der Waals surface area contributed by atoms with Crippen molar-refractivity contribution in [2.45, 2.75) is 6.42 Å². The lowest BCUT2D eigenvalue weighted by Gasteiger charge is -2.13. The van der Waals surface area contributed by atoms with Gasteiger partial charge < -0.3 is 10.6 Å². The zero-order valence-electron chi connectivity index (χ0n) is 15.1. The molecule has 0 saturated carbocycles. The Morgan fingerprint density at radius 3 is 2.37 bits per heavy atom. The third-order valence-electron chi connectivity index (χ3n) is 4.25. The summed E-state index contributed by atoms with van der Waals surface area (Å²) in [5.41, 5.74) is -0.121. The molecule has 1 aliphatic rings. The number of nitrogens with one attached hydrogen (secondary N) is 2. The van der Waals surface area contributed by atoms with Crippen molar-refractivity contribution in [3.8, 4) is 0 Å². The van der Waals surface area contributed by atoms with Crippen molar-refractivity contribution in [3.05, 3.63) is 63.4 Å². The van der Waals surface area contributed by atoms with Gasteiger partial charge in [0.05, 0.1) is 23.4 Å². The van der Waals surface area contributed by atoms with Gasteiger partial charge in [-0.05, 0) is 30.3 Å². The number of hydrogen-bond acceptors (Lipinski definition) is 4. The highest BCUT2D eigenvalue weighted by Crippen LogP contribution is 2.26. The fourth-order valence-corrected chi connectivity index (χ4v) is 3.12. The van der Waals surface area contributed by atoms with Crippen LogP contribution in [0.3, 0.4) is 0 Å². The summed E-state index contributed by atoms with van der Waals surface area (Å²) in [6.45, 7) is -0.776. The van der Waals surface area contributed by atoms with Crippen LogP contribution in [0.25, 0.3) is 0 Å². The monoisotopic (exact) mass is 483 g/mol. The average Bonchev–Trinajstić information content (AvgIpc) is 2.94. The van der Waals surface area contributed by atoms with Crippen molar-refractivity contribution in [2.75, 3.05) is 18.4 Å². The number of hydrogen-bond donors (Lipinski definition) is 2. The molecule has 0 aliphatic carbocycles. The molecule has 0 unspecified atom stereocenters. The number of halogens is 4. The molecule has 156 valence electrons. The van der Waals surface area contributed by atoms with Gasteiger partial charge in [-0.3, -0.25) is 24.1 Å². The standard InChI is InChI=1S/C19H13BrF3N3O4/c20-9-1-2-10-11(7-9)19(30)26(18(10)29)6-5-14(27)24-8-15(28)25-13-4-3-12(21)16(22)17(13)23/h1-4,7H,5-6,8H2,(H,24,27)(H,25,28). The Kier molecular flexibility index (Phi) is 6.20. The molecule has 30 heavy (non-hydrogen) atoms. The molecule has 1 heterocycles. The first kappa shape index (κ1) is 21.5. The highest BCUT2D eigenvalue weighted by molar-refractivity contribution is 9.10. The Morgan fingerprint density at radius 1 is 0.933 bits per heavy atom. The van der Waals surface area contributed by atoms with Crippen molar-refractivity contribution in [2.24, 2.45) is 0 Å². The van der Waals surface area contributed by atoms with Crippen LogP contribution in [-0.4, -0.2) is 41.6 Å². The Labute approximate surface area is 176 Å². The van der Waals surface area contributed by atoms with E-state index in [1.807, 2.05) is 5.32 Å². The highest BCUT2D eigenvalue weighted by Gasteiger charge is 2.35. The lowest BCUT2D eigenvalue weighted by molar-refractivity contribution is -0.124. The summed E-state index contributed by atoms with van der Waals surface area (Å²) >= 11 is 3.22. The maximum absolute atomic E-state index is 13.5. The van der Waals surface area contributed by atoms with Crippen molar-refractivity contribution in [1.82, 2.24) is 10.2 Å². The van der Waals surface area contributed by atoms with E-state index in [1.54, 1.807) is 6.07 Å². The lowest BCUT2D eigenvalue weighted by Crippen LogP contribution is -2.37. The topological polar surface area (TPSA) is 95.6 Å². The molecule has 0 saturated heterocycles. The Bertz CT molecular complexity index is 1080. The Balaban J connectivity index is 1.50. The van der Waals surface area contributed by atoms with Gasteiger partial charge in [0.2, 0.25) is 11.8 Å². The molecule has 0 fully saturated rings. The number of carbonyl (C=O) groups excluding carboxylic acids is 4. The highest BCUT2D eigenvalue weighted by atomic mass is 79.9. The molecule has 3 rings (SSSR count). The van der Waals surface area contributed by atoms with Gasteiger partial charge in [0, 0.05) is 17.4 Å². The van der Waals surface area contributed by atoms with Crippen LogP contribution in [0.2, 0.25) is 0 Å². The molecule has 7 nitrogen and oxygen atoms in total. The first-order valence-corrected chi connectivity index (χ1v) is 9.34. The number of anilines is 1. The zero-order valence-corrected chi connectivity index (χ0v) is 16.7. The SMILES string of the molecule is O=C(CCN1C(=O)c2ccc(Br)cc2C1=O)NCC(=O)Nc1ccc(F)c(F)c1F. The van der Waals surface area contributed by atoms with Gasteiger partial charge in [0.15, 0.2) is 17.5 Å². The summed E-state index contributed by atoms with van der Waals surface area (Å²) in [6, 6.07) is 6.12. The van der Waals surface area contributed by atoms with Gasteiger partial charge in [-0.2, -0.15) is 0 Å². The van der Waals surface area contributed by atoms with Gasteiger partial charge in [-0.1, -0.05) is 15.9 Å². The minimum atomic E-state index is -1.73. The molecular weight excluding hydrogens is 471 g/mol. The second-order valence-corrected chi connectivity index (χ2v) is 7.17. The summed E-state index contributed by atoms with van der Waals surface area (Å²) in [7, 11) is 0. The van der Waals surface area contributed by atoms with E-state index < -0.39 is 53.3 Å². The number of fused-ring (bicyclic) bond motifs is 1. The molecule has 4 amide bonds. The normalized spacial score (nSPS) is 12.7. The number of rotatable bonds is 6. The minimum Gasteiger partial charge on any atom is -0.347 e. The van der Waals surface area contributed by atoms with E-state index in [-0.39, 0.29) is 24.1 Å². The van der Waals surface area contributed by atoms with E-state index in [0.717, 1.165) is 11.0 Å². The smallest absolute Gasteiger partial charge is 0.261 e. The summed E-state index contributed by atoms with van der Waals surface area (Å²) in [5, 5.41) is 4.24.